The molecule has 0 spiro atoms. The highest BCUT2D eigenvalue weighted by Gasteiger charge is 2.20. The standard InChI is InChI=1S/C24H24ClNO3/c1-4-22(29-20-13-16(2)12-17(3)14-20)24(27)26-21-15-18(25)10-11-23(21)28-19-8-6-5-7-9-19/h5-15,22H,4H2,1-3H3,(H,26,27)/t22-/m0/s1. The van der Waals surface area contributed by atoms with Gasteiger partial charge in [-0.1, -0.05) is 42.8 Å². The molecule has 0 aliphatic heterocycles. The van der Waals surface area contributed by atoms with Crippen LogP contribution in [-0.2, 0) is 4.79 Å². The topological polar surface area (TPSA) is 47.6 Å². The van der Waals surface area contributed by atoms with E-state index < -0.39 is 6.10 Å². The zero-order chi connectivity index (χ0) is 20.8. The summed E-state index contributed by atoms with van der Waals surface area (Å²) in [7, 11) is 0. The van der Waals surface area contributed by atoms with Crippen LogP contribution in [0.4, 0.5) is 5.69 Å². The Morgan fingerprint density at radius 2 is 1.66 bits per heavy atom. The van der Waals surface area contributed by atoms with Crippen LogP contribution in [0.15, 0.2) is 66.7 Å². The number of nitrogens with one attached hydrogen (secondary N) is 1. The number of halogens is 1. The number of anilines is 1. The molecule has 0 heterocycles. The first-order valence-corrected chi connectivity index (χ1v) is 9.90. The van der Waals surface area contributed by atoms with Gasteiger partial charge in [0.05, 0.1) is 5.69 Å². The number of ether oxygens (including phenoxy) is 2. The third kappa shape index (κ3) is 5.75. The van der Waals surface area contributed by atoms with E-state index in [2.05, 4.69) is 11.4 Å². The van der Waals surface area contributed by atoms with E-state index in [-0.39, 0.29) is 5.91 Å². The molecule has 3 aromatic rings. The SMILES string of the molecule is CC[C@H](Oc1cc(C)cc(C)c1)C(=O)Nc1cc(Cl)ccc1Oc1ccccc1. The second-order valence-electron chi connectivity index (χ2n) is 6.88. The van der Waals surface area contributed by atoms with Crippen LogP contribution in [0.5, 0.6) is 17.2 Å². The van der Waals surface area contributed by atoms with Crippen molar-refractivity contribution in [2.45, 2.75) is 33.3 Å². The number of aryl methyl sites for hydroxylation is 2. The van der Waals surface area contributed by atoms with Gasteiger partial charge in [0, 0.05) is 5.02 Å². The summed E-state index contributed by atoms with van der Waals surface area (Å²) in [5.74, 6) is 1.60. The number of benzene rings is 3. The second kappa shape index (κ2) is 9.48. The summed E-state index contributed by atoms with van der Waals surface area (Å²) in [4.78, 5) is 12.9. The van der Waals surface area contributed by atoms with Gasteiger partial charge in [0.1, 0.15) is 11.5 Å². The van der Waals surface area contributed by atoms with Gasteiger partial charge >= 0.3 is 0 Å². The van der Waals surface area contributed by atoms with E-state index in [4.69, 9.17) is 21.1 Å². The summed E-state index contributed by atoms with van der Waals surface area (Å²) < 4.78 is 11.9. The predicted octanol–water partition coefficient (Wildman–Crippen LogP) is 6.55. The minimum atomic E-state index is -0.639. The summed E-state index contributed by atoms with van der Waals surface area (Å²) in [5.41, 5.74) is 2.67. The van der Waals surface area contributed by atoms with Gasteiger partial charge in [-0.25, -0.2) is 0 Å². The first-order valence-electron chi connectivity index (χ1n) is 9.53. The molecule has 0 radical (unpaired) electrons. The van der Waals surface area contributed by atoms with Crippen LogP contribution in [0.3, 0.4) is 0 Å². The lowest BCUT2D eigenvalue weighted by Crippen LogP contribution is -2.32. The number of para-hydroxylation sites is 1. The number of carbonyl (C=O) groups excluding carboxylic acids is 1. The Labute approximate surface area is 176 Å². The predicted molar refractivity (Wildman–Crippen MR) is 117 cm³/mol. The molecule has 5 heteroatoms. The van der Waals surface area contributed by atoms with Crippen LogP contribution < -0.4 is 14.8 Å². The van der Waals surface area contributed by atoms with Crippen LogP contribution in [0, 0.1) is 13.8 Å². The van der Waals surface area contributed by atoms with Crippen LogP contribution in [-0.4, -0.2) is 12.0 Å². The average Bonchev–Trinajstić information content (AvgIpc) is 2.68. The molecule has 0 aliphatic rings. The average molecular weight is 410 g/mol. The molecule has 3 aromatic carbocycles. The van der Waals surface area contributed by atoms with Gasteiger partial charge in [-0.05, 0) is 73.9 Å². The van der Waals surface area contributed by atoms with E-state index in [1.807, 2.05) is 63.2 Å². The Morgan fingerprint density at radius 1 is 0.966 bits per heavy atom. The molecule has 0 saturated heterocycles. The maximum absolute atomic E-state index is 12.9. The summed E-state index contributed by atoms with van der Waals surface area (Å²) in [5, 5.41) is 3.40. The molecular formula is C24H24ClNO3. The van der Waals surface area contributed by atoms with Crippen molar-refractivity contribution in [3.63, 3.8) is 0 Å². The van der Waals surface area contributed by atoms with Gasteiger partial charge in [-0.15, -0.1) is 0 Å². The molecule has 1 N–H and O–H groups in total. The minimum Gasteiger partial charge on any atom is -0.481 e. The zero-order valence-electron chi connectivity index (χ0n) is 16.7. The molecule has 1 amide bonds. The molecule has 0 aromatic heterocycles. The molecule has 29 heavy (non-hydrogen) atoms. The van der Waals surface area contributed by atoms with Gasteiger partial charge in [0.25, 0.3) is 5.91 Å². The van der Waals surface area contributed by atoms with E-state index in [9.17, 15) is 4.79 Å². The van der Waals surface area contributed by atoms with Crippen molar-refractivity contribution in [3.05, 3.63) is 82.9 Å². The fourth-order valence-corrected chi connectivity index (χ4v) is 3.18. The second-order valence-corrected chi connectivity index (χ2v) is 7.32. The Hall–Kier alpha value is -2.98. The van der Waals surface area contributed by atoms with Gasteiger partial charge < -0.3 is 14.8 Å². The normalized spacial score (nSPS) is 11.6. The van der Waals surface area contributed by atoms with Crippen molar-refractivity contribution in [3.8, 4) is 17.2 Å². The highest BCUT2D eigenvalue weighted by Crippen LogP contribution is 2.32. The van der Waals surface area contributed by atoms with Gasteiger partial charge in [-0.2, -0.15) is 0 Å². The molecule has 0 bridgehead atoms. The van der Waals surface area contributed by atoms with Crippen LogP contribution in [0.2, 0.25) is 5.02 Å². The highest BCUT2D eigenvalue weighted by atomic mass is 35.5. The third-order valence-corrected chi connectivity index (χ3v) is 4.54. The Balaban J connectivity index is 1.78. The van der Waals surface area contributed by atoms with E-state index in [1.54, 1.807) is 18.2 Å². The lowest BCUT2D eigenvalue weighted by atomic mass is 10.1. The summed E-state index contributed by atoms with van der Waals surface area (Å²) in [6.45, 7) is 5.91. The molecule has 0 saturated carbocycles. The summed E-state index contributed by atoms with van der Waals surface area (Å²) >= 11 is 6.14. The Morgan fingerprint density at radius 3 is 2.31 bits per heavy atom. The fraction of sp³-hybridized carbons (Fsp3) is 0.208. The van der Waals surface area contributed by atoms with E-state index in [1.165, 1.54) is 0 Å². The van der Waals surface area contributed by atoms with E-state index >= 15 is 0 Å². The number of amides is 1. The molecule has 3 rings (SSSR count). The minimum absolute atomic E-state index is 0.258. The van der Waals surface area contributed by atoms with Crippen molar-refractivity contribution >= 4 is 23.2 Å². The fourth-order valence-electron chi connectivity index (χ4n) is 3.01. The Kier molecular flexibility index (Phi) is 6.78. The number of hydrogen-bond acceptors (Lipinski definition) is 3. The largest absolute Gasteiger partial charge is 0.481 e. The highest BCUT2D eigenvalue weighted by molar-refractivity contribution is 6.31. The molecular weight excluding hydrogens is 386 g/mol. The van der Waals surface area contributed by atoms with Gasteiger partial charge in [-0.3, -0.25) is 4.79 Å². The van der Waals surface area contributed by atoms with Crippen molar-refractivity contribution in [2.24, 2.45) is 0 Å². The number of hydrogen-bond donors (Lipinski definition) is 1. The van der Waals surface area contributed by atoms with Crippen molar-refractivity contribution < 1.29 is 14.3 Å². The number of carbonyl (C=O) groups is 1. The zero-order valence-corrected chi connectivity index (χ0v) is 17.5. The van der Waals surface area contributed by atoms with E-state index in [0.29, 0.717) is 34.4 Å². The molecule has 0 fully saturated rings. The molecule has 0 aliphatic carbocycles. The van der Waals surface area contributed by atoms with Crippen molar-refractivity contribution in [1.82, 2.24) is 0 Å². The lowest BCUT2D eigenvalue weighted by Gasteiger charge is -2.19. The Bertz CT molecular complexity index is 968. The maximum Gasteiger partial charge on any atom is 0.265 e. The summed E-state index contributed by atoms with van der Waals surface area (Å²) in [6, 6.07) is 20.4. The first kappa shape index (κ1) is 20.7. The molecule has 0 unspecified atom stereocenters. The van der Waals surface area contributed by atoms with Crippen molar-refractivity contribution in [2.75, 3.05) is 5.32 Å². The molecule has 1 atom stereocenters. The van der Waals surface area contributed by atoms with Crippen molar-refractivity contribution in [1.29, 1.82) is 0 Å². The van der Waals surface area contributed by atoms with Gasteiger partial charge in [0.2, 0.25) is 0 Å². The van der Waals surface area contributed by atoms with Crippen LogP contribution in [0.1, 0.15) is 24.5 Å². The quantitative estimate of drug-likeness (QED) is 0.481. The van der Waals surface area contributed by atoms with E-state index in [0.717, 1.165) is 11.1 Å². The maximum atomic E-state index is 12.9. The van der Waals surface area contributed by atoms with Crippen LogP contribution in [0.25, 0.3) is 0 Å². The monoisotopic (exact) mass is 409 g/mol. The lowest BCUT2D eigenvalue weighted by molar-refractivity contribution is -0.122. The third-order valence-electron chi connectivity index (χ3n) is 4.31. The first-order chi connectivity index (χ1) is 13.9. The van der Waals surface area contributed by atoms with Gasteiger partial charge in [0.15, 0.2) is 11.9 Å². The number of rotatable bonds is 7. The van der Waals surface area contributed by atoms with Crippen LogP contribution >= 0.6 is 11.6 Å². The smallest absolute Gasteiger partial charge is 0.265 e. The molecule has 150 valence electrons. The summed E-state index contributed by atoms with van der Waals surface area (Å²) in [6.07, 6.45) is -0.117. The molecule has 4 nitrogen and oxygen atoms in total.